The molecule has 1 N–H and O–H groups in total. The number of alkyl halides is 5. The summed E-state index contributed by atoms with van der Waals surface area (Å²) in [5, 5.41) is 10.6. The Kier molecular flexibility index (Phi) is 5.29. The van der Waals surface area contributed by atoms with E-state index in [4.69, 9.17) is 0 Å². The lowest BCUT2D eigenvalue weighted by Gasteiger charge is -2.08. The van der Waals surface area contributed by atoms with Crippen LogP contribution in [0.2, 0.25) is 0 Å². The van der Waals surface area contributed by atoms with E-state index in [1.165, 1.54) is 41.3 Å². The van der Waals surface area contributed by atoms with Gasteiger partial charge in [0.2, 0.25) is 0 Å². The van der Waals surface area contributed by atoms with E-state index in [9.17, 15) is 26.7 Å². The summed E-state index contributed by atoms with van der Waals surface area (Å²) >= 11 is 0. The first-order chi connectivity index (χ1) is 16.2. The molecular formula is C22H17F5N6O. The quantitative estimate of drug-likeness (QED) is 0.395. The SMILES string of the molecule is O=C(Nc1cnn(Cc2cccc(C(F)(F)F)c2)c1)c1cc2nc(C3CC3)cc(C(F)F)n2n1. The summed E-state index contributed by atoms with van der Waals surface area (Å²) in [4.78, 5) is 17.0. The molecule has 0 unspecified atom stereocenters. The van der Waals surface area contributed by atoms with Crippen LogP contribution in [0.15, 0.2) is 48.8 Å². The third kappa shape index (κ3) is 4.47. The van der Waals surface area contributed by atoms with Gasteiger partial charge in [0.05, 0.1) is 24.0 Å². The molecule has 1 aliphatic carbocycles. The first-order valence-electron chi connectivity index (χ1n) is 10.4. The Hall–Kier alpha value is -3.83. The van der Waals surface area contributed by atoms with Gasteiger partial charge in [-0.15, -0.1) is 0 Å². The molecule has 1 saturated carbocycles. The number of anilines is 1. The number of halogens is 5. The number of carbonyl (C=O) groups is 1. The van der Waals surface area contributed by atoms with Gasteiger partial charge in [0.1, 0.15) is 5.69 Å². The van der Waals surface area contributed by atoms with Crippen molar-refractivity contribution in [2.45, 2.75) is 37.9 Å². The molecule has 1 aromatic carbocycles. The van der Waals surface area contributed by atoms with Crippen LogP contribution in [0.3, 0.4) is 0 Å². The fourth-order valence-corrected chi connectivity index (χ4v) is 3.62. The van der Waals surface area contributed by atoms with Gasteiger partial charge >= 0.3 is 6.18 Å². The molecule has 176 valence electrons. The lowest BCUT2D eigenvalue weighted by molar-refractivity contribution is -0.137. The number of hydrogen-bond acceptors (Lipinski definition) is 4. The van der Waals surface area contributed by atoms with Gasteiger partial charge in [0.25, 0.3) is 12.3 Å². The molecule has 0 saturated heterocycles. The van der Waals surface area contributed by atoms with Gasteiger partial charge in [-0.2, -0.15) is 23.4 Å². The second-order valence-corrected chi connectivity index (χ2v) is 8.06. The minimum absolute atomic E-state index is 0.0553. The first-order valence-corrected chi connectivity index (χ1v) is 10.4. The summed E-state index contributed by atoms with van der Waals surface area (Å²) in [6, 6.07) is 7.51. The van der Waals surface area contributed by atoms with Crippen molar-refractivity contribution in [3.05, 3.63) is 77.0 Å². The Morgan fingerprint density at radius 1 is 1.18 bits per heavy atom. The van der Waals surface area contributed by atoms with Crippen molar-refractivity contribution in [3.63, 3.8) is 0 Å². The summed E-state index contributed by atoms with van der Waals surface area (Å²) in [5.41, 5.74) is 0.172. The van der Waals surface area contributed by atoms with E-state index in [-0.39, 0.29) is 35.2 Å². The summed E-state index contributed by atoms with van der Waals surface area (Å²) in [7, 11) is 0. The highest BCUT2D eigenvalue weighted by molar-refractivity contribution is 6.03. The predicted molar refractivity (Wildman–Crippen MR) is 111 cm³/mol. The normalized spacial score (nSPS) is 14.2. The maximum absolute atomic E-state index is 13.5. The number of amides is 1. The number of hydrogen-bond donors (Lipinski definition) is 1. The van der Waals surface area contributed by atoms with Gasteiger partial charge in [-0.3, -0.25) is 9.48 Å². The number of fused-ring (bicyclic) bond motifs is 1. The van der Waals surface area contributed by atoms with Crippen LogP contribution in [-0.4, -0.2) is 30.3 Å². The first kappa shape index (κ1) is 22.0. The van der Waals surface area contributed by atoms with Crippen LogP contribution in [-0.2, 0) is 12.7 Å². The van der Waals surface area contributed by atoms with Gasteiger partial charge in [-0.05, 0) is 36.6 Å². The van der Waals surface area contributed by atoms with Gasteiger partial charge in [-0.25, -0.2) is 18.3 Å². The number of benzene rings is 1. The molecule has 1 fully saturated rings. The molecule has 0 radical (unpaired) electrons. The van der Waals surface area contributed by atoms with E-state index in [2.05, 4.69) is 20.5 Å². The average molecular weight is 476 g/mol. The maximum atomic E-state index is 13.5. The summed E-state index contributed by atoms with van der Waals surface area (Å²) in [6.07, 6.45) is -2.69. The maximum Gasteiger partial charge on any atom is 0.416 e. The molecule has 3 aromatic heterocycles. The van der Waals surface area contributed by atoms with E-state index >= 15 is 0 Å². The molecule has 34 heavy (non-hydrogen) atoms. The zero-order valence-corrected chi connectivity index (χ0v) is 17.4. The van der Waals surface area contributed by atoms with Crippen molar-refractivity contribution in [3.8, 4) is 0 Å². The van der Waals surface area contributed by atoms with Gasteiger partial charge in [0.15, 0.2) is 11.3 Å². The lowest BCUT2D eigenvalue weighted by atomic mass is 10.1. The smallest absolute Gasteiger partial charge is 0.318 e. The minimum atomic E-state index is -4.45. The molecule has 7 nitrogen and oxygen atoms in total. The molecule has 4 aromatic rings. The Labute approximate surface area is 189 Å². The molecule has 0 aliphatic heterocycles. The van der Waals surface area contributed by atoms with Crippen LogP contribution in [0.25, 0.3) is 5.65 Å². The third-order valence-corrected chi connectivity index (χ3v) is 5.42. The predicted octanol–water partition coefficient (Wildman–Crippen LogP) is 5.06. The van der Waals surface area contributed by atoms with Crippen LogP contribution < -0.4 is 5.32 Å². The Balaban J connectivity index is 1.33. The minimum Gasteiger partial charge on any atom is -0.318 e. The molecule has 0 spiro atoms. The molecule has 12 heteroatoms. The second kappa shape index (κ2) is 8.19. The summed E-state index contributed by atoms with van der Waals surface area (Å²) < 4.78 is 68.1. The average Bonchev–Trinajstić information content (AvgIpc) is 3.40. The number of nitrogens with zero attached hydrogens (tertiary/aromatic N) is 5. The fourth-order valence-electron chi connectivity index (χ4n) is 3.62. The Bertz CT molecular complexity index is 1370. The topological polar surface area (TPSA) is 77.1 Å². The third-order valence-electron chi connectivity index (χ3n) is 5.42. The Morgan fingerprint density at radius 2 is 1.97 bits per heavy atom. The van der Waals surface area contributed by atoms with Crippen molar-refractivity contribution in [2.75, 3.05) is 5.32 Å². The summed E-state index contributed by atoms with van der Waals surface area (Å²) in [5.74, 6) is -0.505. The van der Waals surface area contributed by atoms with Crippen molar-refractivity contribution < 1.29 is 26.7 Å². The Morgan fingerprint density at radius 3 is 2.68 bits per heavy atom. The van der Waals surface area contributed by atoms with Gasteiger partial charge in [-0.1, -0.05) is 12.1 Å². The molecule has 0 atom stereocenters. The van der Waals surface area contributed by atoms with Gasteiger partial charge in [0, 0.05) is 23.9 Å². The molecule has 1 aliphatic rings. The van der Waals surface area contributed by atoms with Crippen molar-refractivity contribution in [1.29, 1.82) is 0 Å². The molecular weight excluding hydrogens is 459 g/mol. The number of rotatable bonds is 6. The standard InChI is InChI=1S/C22H17F5N6O/c23-20(24)18-7-16(13-4-5-13)30-19-8-17(31-33(18)19)21(34)29-15-9-28-32(11-15)10-12-2-1-3-14(6-12)22(25,26)27/h1-3,6-9,11,13,20H,4-5,10H2,(H,29,34). The number of aromatic nitrogens is 5. The van der Waals surface area contributed by atoms with Gasteiger partial charge < -0.3 is 5.32 Å². The van der Waals surface area contributed by atoms with Crippen LogP contribution >= 0.6 is 0 Å². The van der Waals surface area contributed by atoms with Crippen molar-refractivity contribution in [2.24, 2.45) is 0 Å². The highest BCUT2D eigenvalue weighted by Gasteiger charge is 2.30. The molecule has 1 amide bonds. The lowest BCUT2D eigenvalue weighted by Crippen LogP contribution is -2.12. The number of nitrogens with one attached hydrogen (secondary N) is 1. The zero-order chi connectivity index (χ0) is 24.0. The van der Waals surface area contributed by atoms with E-state index in [0.717, 1.165) is 29.5 Å². The van der Waals surface area contributed by atoms with Crippen LogP contribution in [0.5, 0.6) is 0 Å². The van der Waals surface area contributed by atoms with Crippen molar-refractivity contribution >= 4 is 17.2 Å². The van der Waals surface area contributed by atoms with E-state index in [1.54, 1.807) is 0 Å². The van der Waals surface area contributed by atoms with Crippen molar-refractivity contribution in [1.82, 2.24) is 24.4 Å². The number of carbonyl (C=O) groups excluding carboxylic acids is 1. The summed E-state index contributed by atoms with van der Waals surface area (Å²) in [6.45, 7) is 0.0553. The van der Waals surface area contributed by atoms with Crippen LogP contribution in [0, 0.1) is 0 Å². The fraction of sp³-hybridized carbons (Fsp3) is 0.273. The largest absolute Gasteiger partial charge is 0.416 e. The molecule has 3 heterocycles. The second-order valence-electron chi connectivity index (χ2n) is 8.06. The molecule has 5 rings (SSSR count). The van der Waals surface area contributed by atoms with E-state index in [1.807, 2.05) is 0 Å². The highest BCUT2D eigenvalue weighted by Crippen LogP contribution is 2.40. The molecule has 0 bridgehead atoms. The van der Waals surface area contributed by atoms with E-state index < -0.39 is 24.1 Å². The van der Waals surface area contributed by atoms with E-state index in [0.29, 0.717) is 11.3 Å². The van der Waals surface area contributed by atoms with Crippen LogP contribution in [0.1, 0.15) is 58.2 Å². The van der Waals surface area contributed by atoms with Crippen LogP contribution in [0.4, 0.5) is 27.6 Å². The zero-order valence-electron chi connectivity index (χ0n) is 17.4. The highest BCUT2D eigenvalue weighted by atomic mass is 19.4. The monoisotopic (exact) mass is 476 g/mol.